The second-order valence-electron chi connectivity index (χ2n) is 5.92. The van der Waals surface area contributed by atoms with E-state index in [0.29, 0.717) is 5.92 Å². The van der Waals surface area contributed by atoms with Gasteiger partial charge in [-0.2, -0.15) is 0 Å². The van der Waals surface area contributed by atoms with E-state index in [-0.39, 0.29) is 23.0 Å². The third-order valence-electron chi connectivity index (χ3n) is 2.96. The molecular formula is C13H25NO2S. The van der Waals surface area contributed by atoms with Gasteiger partial charge in [-0.15, -0.1) is 11.8 Å². The number of rotatable bonds is 4. The fraction of sp³-hybridized carbons (Fsp3) is 0.923. The van der Waals surface area contributed by atoms with Crippen molar-refractivity contribution in [3.8, 4) is 0 Å². The summed E-state index contributed by atoms with van der Waals surface area (Å²) in [6.45, 7) is 12.8. The molecule has 1 aliphatic rings. The van der Waals surface area contributed by atoms with E-state index in [1.165, 1.54) is 0 Å². The van der Waals surface area contributed by atoms with Crippen molar-refractivity contribution in [1.82, 2.24) is 4.90 Å². The van der Waals surface area contributed by atoms with Gasteiger partial charge in [-0.25, -0.2) is 4.79 Å². The van der Waals surface area contributed by atoms with E-state index in [1.54, 1.807) is 11.8 Å². The fourth-order valence-electron chi connectivity index (χ4n) is 2.02. The number of carbonyl (C=O) groups is 1. The summed E-state index contributed by atoms with van der Waals surface area (Å²) in [4.78, 5) is 13.8. The van der Waals surface area contributed by atoms with Gasteiger partial charge in [0.25, 0.3) is 0 Å². The topological polar surface area (TPSA) is 29.5 Å². The Hall–Kier alpha value is -0.380. The molecule has 0 unspecified atom stereocenters. The lowest BCUT2D eigenvalue weighted by molar-refractivity contribution is 0.101. The molecule has 0 aromatic carbocycles. The van der Waals surface area contributed by atoms with E-state index in [4.69, 9.17) is 4.74 Å². The molecule has 0 N–H and O–H groups in total. The van der Waals surface area contributed by atoms with Gasteiger partial charge in [0.05, 0.1) is 11.9 Å². The van der Waals surface area contributed by atoms with Crippen LogP contribution >= 0.6 is 11.8 Å². The molecule has 1 rings (SSSR count). The number of cyclic esters (lactones) is 1. The molecule has 0 aromatic rings. The minimum Gasteiger partial charge on any atom is -0.444 e. The van der Waals surface area contributed by atoms with Gasteiger partial charge in [-0.05, 0) is 12.3 Å². The molecule has 0 aromatic heterocycles. The van der Waals surface area contributed by atoms with E-state index < -0.39 is 0 Å². The lowest BCUT2D eigenvalue weighted by Gasteiger charge is -2.27. The van der Waals surface area contributed by atoms with Gasteiger partial charge in [-0.1, -0.05) is 41.5 Å². The number of ether oxygens (including phenoxy) is 1. The lowest BCUT2D eigenvalue weighted by atomic mass is 9.98. The molecule has 4 heteroatoms. The van der Waals surface area contributed by atoms with E-state index in [9.17, 15) is 4.79 Å². The molecule has 0 spiro atoms. The molecule has 1 saturated heterocycles. The average molecular weight is 259 g/mol. The van der Waals surface area contributed by atoms with Crippen LogP contribution in [0.3, 0.4) is 0 Å². The maximum Gasteiger partial charge on any atom is 0.411 e. The van der Waals surface area contributed by atoms with Crippen LogP contribution in [0, 0.1) is 5.92 Å². The predicted octanol–water partition coefficient (Wildman–Crippen LogP) is 3.73. The quantitative estimate of drug-likeness (QED) is 0.770. The van der Waals surface area contributed by atoms with Crippen LogP contribution in [0.2, 0.25) is 0 Å². The van der Waals surface area contributed by atoms with Crippen molar-refractivity contribution >= 4 is 17.9 Å². The first kappa shape index (κ1) is 14.7. The minimum atomic E-state index is -0.146. The Morgan fingerprint density at radius 2 is 2.00 bits per heavy atom. The summed E-state index contributed by atoms with van der Waals surface area (Å²) < 4.78 is 5.65. The summed E-state index contributed by atoms with van der Waals surface area (Å²) in [7, 11) is 0. The molecule has 0 bridgehead atoms. The molecule has 1 fully saturated rings. The van der Waals surface area contributed by atoms with E-state index >= 15 is 0 Å². The van der Waals surface area contributed by atoms with Crippen LogP contribution in [0.5, 0.6) is 0 Å². The maximum atomic E-state index is 11.9. The smallest absolute Gasteiger partial charge is 0.411 e. The summed E-state index contributed by atoms with van der Waals surface area (Å²) in [5.41, 5.74) is 0. The van der Waals surface area contributed by atoms with Gasteiger partial charge in [0.2, 0.25) is 0 Å². The highest BCUT2D eigenvalue weighted by molar-refractivity contribution is 8.00. The molecular weight excluding hydrogens is 234 g/mol. The molecule has 17 heavy (non-hydrogen) atoms. The molecule has 0 radical (unpaired) electrons. The monoisotopic (exact) mass is 259 g/mol. The first-order chi connectivity index (χ1) is 7.76. The standard InChI is InChI=1S/C13H25NO2S/c1-7-10-11(9(2)3)16-12(15)14(10)8-17-13(4,5)6/h9-11H,7-8H2,1-6H3/t10-,11+/m1/s1. The van der Waals surface area contributed by atoms with Crippen LogP contribution in [0.15, 0.2) is 0 Å². The number of thioether (sulfide) groups is 1. The highest BCUT2D eigenvalue weighted by atomic mass is 32.2. The summed E-state index contributed by atoms with van der Waals surface area (Å²) in [6.07, 6.45) is 0.861. The number of hydrogen-bond donors (Lipinski definition) is 0. The predicted molar refractivity (Wildman–Crippen MR) is 73.2 cm³/mol. The van der Waals surface area contributed by atoms with Crippen molar-refractivity contribution in [2.75, 3.05) is 5.88 Å². The minimum absolute atomic E-state index is 0.0491. The van der Waals surface area contributed by atoms with Gasteiger partial charge in [0, 0.05) is 4.75 Å². The van der Waals surface area contributed by atoms with E-state index in [1.807, 2.05) is 4.90 Å². The third kappa shape index (κ3) is 3.80. The van der Waals surface area contributed by atoms with Gasteiger partial charge in [-0.3, -0.25) is 4.90 Å². The molecule has 2 atom stereocenters. The highest BCUT2D eigenvalue weighted by Gasteiger charge is 2.42. The summed E-state index contributed by atoms with van der Waals surface area (Å²) in [5.74, 6) is 1.11. The second kappa shape index (κ2) is 5.51. The molecule has 1 amide bonds. The Labute approximate surface area is 109 Å². The largest absolute Gasteiger partial charge is 0.444 e. The second-order valence-corrected chi connectivity index (χ2v) is 7.70. The zero-order chi connectivity index (χ0) is 13.2. The molecule has 3 nitrogen and oxygen atoms in total. The van der Waals surface area contributed by atoms with Crippen LogP contribution < -0.4 is 0 Å². The van der Waals surface area contributed by atoms with Gasteiger partial charge in [0.1, 0.15) is 6.10 Å². The Morgan fingerprint density at radius 3 is 2.41 bits per heavy atom. The first-order valence-electron chi connectivity index (χ1n) is 6.37. The summed E-state index contributed by atoms with van der Waals surface area (Å²) in [6, 6.07) is 0.234. The Bertz CT molecular complexity index is 273. The van der Waals surface area contributed by atoms with Gasteiger partial charge >= 0.3 is 6.09 Å². The molecule has 0 saturated carbocycles. The van der Waals surface area contributed by atoms with Crippen molar-refractivity contribution in [2.45, 2.75) is 64.9 Å². The van der Waals surface area contributed by atoms with Crippen molar-refractivity contribution in [3.05, 3.63) is 0 Å². The maximum absolute atomic E-state index is 11.9. The molecule has 1 heterocycles. The Balaban J connectivity index is 2.67. The zero-order valence-corrected chi connectivity index (χ0v) is 12.6. The molecule has 0 aliphatic carbocycles. The van der Waals surface area contributed by atoms with Gasteiger partial charge < -0.3 is 4.74 Å². The van der Waals surface area contributed by atoms with Crippen molar-refractivity contribution in [2.24, 2.45) is 5.92 Å². The van der Waals surface area contributed by atoms with Crippen molar-refractivity contribution in [1.29, 1.82) is 0 Å². The first-order valence-corrected chi connectivity index (χ1v) is 7.36. The zero-order valence-electron chi connectivity index (χ0n) is 11.8. The number of nitrogens with zero attached hydrogens (tertiary/aromatic N) is 1. The summed E-state index contributed by atoms with van der Waals surface area (Å²) in [5, 5.41) is 0. The SMILES string of the molecule is CC[C@@H]1[C@H](C(C)C)OC(=O)N1CSC(C)(C)C. The number of amides is 1. The van der Waals surface area contributed by atoms with Crippen molar-refractivity contribution < 1.29 is 9.53 Å². The number of hydrogen-bond acceptors (Lipinski definition) is 3. The average Bonchev–Trinajstić information content (AvgIpc) is 2.50. The van der Waals surface area contributed by atoms with Crippen LogP contribution in [0.4, 0.5) is 4.79 Å². The van der Waals surface area contributed by atoms with Gasteiger partial charge in [0.15, 0.2) is 0 Å². The Kier molecular flexibility index (Phi) is 4.76. The molecule has 1 aliphatic heterocycles. The number of carbonyl (C=O) groups excluding carboxylic acids is 1. The van der Waals surface area contributed by atoms with Crippen LogP contribution in [0.1, 0.15) is 48.0 Å². The van der Waals surface area contributed by atoms with Crippen LogP contribution in [0.25, 0.3) is 0 Å². The fourth-order valence-corrected chi connectivity index (χ4v) is 2.84. The third-order valence-corrected chi connectivity index (χ3v) is 4.24. The lowest BCUT2D eigenvalue weighted by Crippen LogP contribution is -2.38. The highest BCUT2D eigenvalue weighted by Crippen LogP contribution is 2.32. The van der Waals surface area contributed by atoms with Crippen LogP contribution in [-0.2, 0) is 4.74 Å². The van der Waals surface area contributed by atoms with Crippen molar-refractivity contribution in [3.63, 3.8) is 0 Å². The summed E-state index contributed by atoms with van der Waals surface area (Å²) >= 11 is 1.79. The Morgan fingerprint density at radius 1 is 1.41 bits per heavy atom. The normalized spacial score (nSPS) is 25.6. The van der Waals surface area contributed by atoms with E-state index in [0.717, 1.165) is 12.3 Å². The molecule has 100 valence electrons. The van der Waals surface area contributed by atoms with Crippen LogP contribution in [-0.4, -0.2) is 33.8 Å². The van der Waals surface area contributed by atoms with E-state index in [2.05, 4.69) is 41.5 Å².